The number of phenols is 1. The number of hydrogen-bond acceptors (Lipinski definition) is 4. The fourth-order valence-electron chi connectivity index (χ4n) is 4.94. The van der Waals surface area contributed by atoms with E-state index in [2.05, 4.69) is 34.1 Å². The average Bonchev–Trinajstić information content (AvgIpc) is 2.92. The zero-order valence-electron chi connectivity index (χ0n) is 20.7. The highest BCUT2D eigenvalue weighted by Gasteiger charge is 2.28. The minimum Gasteiger partial charge on any atom is -0.508 e. The molecule has 0 unspecified atom stereocenters. The number of fused-ring (bicyclic) bond motifs is 1. The molecule has 196 valence electrons. The fraction of sp³-hybridized carbons (Fsp3) is 0.233. The molecule has 0 radical (unpaired) electrons. The van der Waals surface area contributed by atoms with Crippen molar-refractivity contribution in [3.05, 3.63) is 96.1 Å². The number of carbonyl (C=O) groups excluding carboxylic acids is 1. The lowest BCUT2D eigenvalue weighted by Crippen LogP contribution is -2.46. The summed E-state index contributed by atoms with van der Waals surface area (Å²) >= 11 is 0. The van der Waals surface area contributed by atoms with Gasteiger partial charge in [-0.15, -0.1) is 0 Å². The summed E-state index contributed by atoms with van der Waals surface area (Å²) in [5.41, 5.74) is 4.45. The number of phenolic OH excluding ortho intramolecular Hbond substituents is 1. The molecule has 4 aromatic carbocycles. The van der Waals surface area contributed by atoms with Crippen molar-refractivity contribution in [3.63, 3.8) is 0 Å². The van der Waals surface area contributed by atoms with Crippen LogP contribution in [0.15, 0.2) is 84.9 Å². The smallest absolute Gasteiger partial charge is 0.405 e. The normalized spacial score (nSPS) is 14.6. The molecule has 0 aromatic heterocycles. The van der Waals surface area contributed by atoms with Crippen LogP contribution in [0.2, 0.25) is 0 Å². The minimum absolute atomic E-state index is 0.206. The number of anilines is 1. The molecule has 0 aliphatic carbocycles. The molecule has 1 aliphatic heterocycles. The van der Waals surface area contributed by atoms with E-state index in [1.165, 1.54) is 10.9 Å². The summed E-state index contributed by atoms with van der Waals surface area (Å²) in [6.07, 6.45) is -4.44. The Morgan fingerprint density at radius 1 is 0.842 bits per heavy atom. The van der Waals surface area contributed by atoms with E-state index in [0.29, 0.717) is 0 Å². The van der Waals surface area contributed by atoms with Crippen LogP contribution in [0.4, 0.5) is 18.9 Å². The summed E-state index contributed by atoms with van der Waals surface area (Å²) < 4.78 is 37.1. The average molecular weight is 520 g/mol. The third-order valence-electron chi connectivity index (χ3n) is 6.88. The lowest BCUT2D eigenvalue weighted by molar-refractivity contribution is -0.123. The molecule has 38 heavy (non-hydrogen) atoms. The van der Waals surface area contributed by atoms with Crippen LogP contribution in [-0.2, 0) is 6.54 Å². The molecule has 1 heterocycles. The molecular formula is C30H28F3N3O2. The molecular weight excluding hydrogens is 491 g/mol. The van der Waals surface area contributed by atoms with Crippen LogP contribution < -0.4 is 10.2 Å². The highest BCUT2D eigenvalue weighted by Crippen LogP contribution is 2.33. The SMILES string of the molecule is O=C(NCC(F)(F)F)c1ccc(N2CCN(Cc3ccc(-c4cccc(O)c4)c4ccccc34)CC2)cc1. The fourth-order valence-corrected chi connectivity index (χ4v) is 4.94. The van der Waals surface area contributed by atoms with E-state index in [0.717, 1.165) is 54.9 Å². The summed E-state index contributed by atoms with van der Waals surface area (Å²) in [6, 6.07) is 26.6. The Hall–Kier alpha value is -4.04. The summed E-state index contributed by atoms with van der Waals surface area (Å²) in [5.74, 6) is -0.492. The van der Waals surface area contributed by atoms with Crippen molar-refractivity contribution < 1.29 is 23.1 Å². The molecule has 1 saturated heterocycles. The van der Waals surface area contributed by atoms with Gasteiger partial charge >= 0.3 is 6.18 Å². The van der Waals surface area contributed by atoms with Crippen LogP contribution in [0.5, 0.6) is 5.75 Å². The van der Waals surface area contributed by atoms with E-state index >= 15 is 0 Å². The second-order valence-corrected chi connectivity index (χ2v) is 9.48. The van der Waals surface area contributed by atoms with Crippen molar-refractivity contribution in [2.24, 2.45) is 0 Å². The highest BCUT2D eigenvalue weighted by molar-refractivity contribution is 5.98. The molecule has 1 aliphatic rings. The first-order valence-corrected chi connectivity index (χ1v) is 12.5. The van der Waals surface area contributed by atoms with Crippen LogP contribution in [0.25, 0.3) is 21.9 Å². The molecule has 2 N–H and O–H groups in total. The number of hydrogen-bond donors (Lipinski definition) is 2. The number of rotatable bonds is 6. The number of piperazine rings is 1. The minimum atomic E-state index is -4.44. The third kappa shape index (κ3) is 5.92. The van der Waals surface area contributed by atoms with Gasteiger partial charge in [-0.05, 0) is 63.9 Å². The second-order valence-electron chi connectivity index (χ2n) is 9.48. The van der Waals surface area contributed by atoms with Gasteiger partial charge in [0.1, 0.15) is 12.3 Å². The van der Waals surface area contributed by atoms with Crippen LogP contribution >= 0.6 is 0 Å². The maximum Gasteiger partial charge on any atom is 0.405 e. The third-order valence-corrected chi connectivity index (χ3v) is 6.88. The molecule has 0 bridgehead atoms. The van der Waals surface area contributed by atoms with Crippen LogP contribution in [0.3, 0.4) is 0 Å². The van der Waals surface area contributed by atoms with Gasteiger partial charge in [0.05, 0.1) is 0 Å². The maximum atomic E-state index is 12.4. The van der Waals surface area contributed by atoms with Crippen molar-refractivity contribution in [2.75, 3.05) is 37.6 Å². The largest absolute Gasteiger partial charge is 0.508 e. The topological polar surface area (TPSA) is 55.8 Å². The van der Waals surface area contributed by atoms with Gasteiger partial charge in [0.2, 0.25) is 0 Å². The molecule has 0 spiro atoms. The van der Waals surface area contributed by atoms with E-state index < -0.39 is 18.6 Å². The number of alkyl halides is 3. The van der Waals surface area contributed by atoms with E-state index in [1.54, 1.807) is 36.4 Å². The number of halogens is 3. The van der Waals surface area contributed by atoms with Gasteiger partial charge in [0, 0.05) is 44.0 Å². The summed E-state index contributed by atoms with van der Waals surface area (Å²) in [6.45, 7) is 2.79. The van der Waals surface area contributed by atoms with E-state index in [-0.39, 0.29) is 11.3 Å². The van der Waals surface area contributed by atoms with Gasteiger partial charge in [-0.1, -0.05) is 48.5 Å². The van der Waals surface area contributed by atoms with Gasteiger partial charge in [0.15, 0.2) is 0 Å². The molecule has 1 amide bonds. The summed E-state index contributed by atoms with van der Waals surface area (Å²) in [7, 11) is 0. The van der Waals surface area contributed by atoms with Crippen LogP contribution in [0.1, 0.15) is 15.9 Å². The Morgan fingerprint density at radius 3 is 2.24 bits per heavy atom. The van der Waals surface area contributed by atoms with Gasteiger partial charge in [-0.3, -0.25) is 9.69 Å². The second kappa shape index (κ2) is 10.8. The molecule has 1 fully saturated rings. The Kier molecular flexibility index (Phi) is 7.24. The maximum absolute atomic E-state index is 12.4. The molecule has 5 rings (SSSR count). The van der Waals surface area contributed by atoms with Gasteiger partial charge < -0.3 is 15.3 Å². The van der Waals surface area contributed by atoms with Crippen LogP contribution in [-0.4, -0.2) is 54.8 Å². The molecule has 0 atom stereocenters. The van der Waals surface area contributed by atoms with Gasteiger partial charge in [0.25, 0.3) is 5.91 Å². The first-order chi connectivity index (χ1) is 18.3. The lowest BCUT2D eigenvalue weighted by Gasteiger charge is -2.36. The lowest BCUT2D eigenvalue weighted by atomic mass is 9.94. The van der Waals surface area contributed by atoms with Crippen LogP contribution in [0, 0.1) is 0 Å². The standard InChI is InChI=1S/C30H28F3N3O2/c31-30(32,33)20-34-29(38)21-8-11-24(12-9-21)36-16-14-35(15-17-36)19-23-10-13-27(22-4-3-5-25(37)18-22)28-7-2-1-6-26(23)28/h1-13,18,37H,14-17,19-20H2,(H,34,38). The van der Waals surface area contributed by atoms with Crippen molar-refractivity contribution in [1.82, 2.24) is 10.2 Å². The first kappa shape index (κ1) is 25.6. The Labute approximate surface area is 219 Å². The summed E-state index contributed by atoms with van der Waals surface area (Å²) in [5, 5.41) is 14.2. The highest BCUT2D eigenvalue weighted by atomic mass is 19.4. The van der Waals surface area contributed by atoms with E-state index in [4.69, 9.17) is 0 Å². The van der Waals surface area contributed by atoms with Crippen molar-refractivity contribution in [3.8, 4) is 16.9 Å². The zero-order valence-corrected chi connectivity index (χ0v) is 20.7. The Morgan fingerprint density at radius 2 is 1.55 bits per heavy atom. The molecule has 5 nitrogen and oxygen atoms in total. The van der Waals surface area contributed by atoms with E-state index in [1.807, 2.05) is 29.6 Å². The number of aromatic hydroxyl groups is 1. The number of nitrogens with one attached hydrogen (secondary N) is 1. The molecule has 8 heteroatoms. The van der Waals surface area contributed by atoms with Crippen molar-refractivity contribution >= 4 is 22.4 Å². The monoisotopic (exact) mass is 519 g/mol. The Bertz CT molecular complexity index is 1430. The van der Waals surface area contributed by atoms with Crippen molar-refractivity contribution in [2.45, 2.75) is 12.7 Å². The predicted molar refractivity (Wildman–Crippen MR) is 143 cm³/mol. The number of nitrogens with zero attached hydrogens (tertiary/aromatic N) is 2. The quantitative estimate of drug-likeness (QED) is 0.337. The number of benzene rings is 4. The van der Waals surface area contributed by atoms with Crippen molar-refractivity contribution in [1.29, 1.82) is 0 Å². The number of amides is 1. The number of carbonyl (C=O) groups is 1. The Balaban J connectivity index is 1.23. The molecule has 4 aromatic rings. The first-order valence-electron chi connectivity index (χ1n) is 12.5. The van der Waals surface area contributed by atoms with E-state index in [9.17, 15) is 23.1 Å². The zero-order chi connectivity index (χ0) is 26.7. The molecule has 0 saturated carbocycles. The summed E-state index contributed by atoms with van der Waals surface area (Å²) in [4.78, 5) is 16.6. The van der Waals surface area contributed by atoms with Gasteiger partial charge in [-0.2, -0.15) is 13.2 Å². The van der Waals surface area contributed by atoms with Gasteiger partial charge in [-0.25, -0.2) is 0 Å². The predicted octanol–water partition coefficient (Wildman–Crippen LogP) is 5.83.